The molecule has 1 saturated heterocycles. The van der Waals surface area contributed by atoms with Crippen molar-refractivity contribution in [1.29, 1.82) is 0 Å². The van der Waals surface area contributed by atoms with E-state index in [4.69, 9.17) is 5.11 Å². The molecule has 1 atom stereocenters. The zero-order chi connectivity index (χ0) is 17.0. The number of anilines is 1. The van der Waals surface area contributed by atoms with Gasteiger partial charge in [-0.2, -0.15) is 0 Å². The third-order valence-corrected chi connectivity index (χ3v) is 4.02. The summed E-state index contributed by atoms with van der Waals surface area (Å²) in [6.45, 7) is 3.61. The van der Waals surface area contributed by atoms with E-state index in [1.54, 1.807) is 4.90 Å². The molecule has 1 aromatic carbocycles. The minimum absolute atomic E-state index is 0.149. The van der Waals surface area contributed by atoms with E-state index in [2.05, 4.69) is 5.32 Å². The van der Waals surface area contributed by atoms with Crippen molar-refractivity contribution >= 4 is 23.5 Å². The molecule has 0 saturated carbocycles. The van der Waals surface area contributed by atoms with Crippen molar-refractivity contribution in [1.82, 2.24) is 5.32 Å². The molecule has 2 amide bonds. The predicted molar refractivity (Wildman–Crippen MR) is 86.0 cm³/mol. The van der Waals surface area contributed by atoms with Gasteiger partial charge >= 0.3 is 5.97 Å². The van der Waals surface area contributed by atoms with Gasteiger partial charge in [-0.1, -0.05) is 18.2 Å². The molecule has 2 rings (SSSR count). The number of para-hydroxylation sites is 1. The maximum absolute atomic E-state index is 12.6. The summed E-state index contributed by atoms with van der Waals surface area (Å²) in [6, 6.07) is 8.72. The zero-order valence-electron chi connectivity index (χ0n) is 13.4. The summed E-state index contributed by atoms with van der Waals surface area (Å²) in [5, 5.41) is 11.8. The number of piperidine rings is 1. The monoisotopic (exact) mass is 318 g/mol. The molecule has 1 aliphatic heterocycles. The number of amides is 2. The first-order valence-corrected chi connectivity index (χ1v) is 7.70. The molecule has 1 aliphatic rings. The van der Waals surface area contributed by atoms with Crippen molar-refractivity contribution in [2.75, 3.05) is 11.4 Å². The van der Waals surface area contributed by atoms with Gasteiger partial charge in [0.2, 0.25) is 11.8 Å². The first-order chi connectivity index (χ1) is 10.8. The Hall–Kier alpha value is -2.37. The van der Waals surface area contributed by atoms with Crippen LogP contribution in [-0.4, -0.2) is 35.5 Å². The number of carboxylic acids is 1. The van der Waals surface area contributed by atoms with Gasteiger partial charge in [0.25, 0.3) is 0 Å². The summed E-state index contributed by atoms with van der Waals surface area (Å²) >= 11 is 0. The Morgan fingerprint density at radius 3 is 2.57 bits per heavy atom. The molecule has 1 heterocycles. The van der Waals surface area contributed by atoms with Crippen molar-refractivity contribution < 1.29 is 19.5 Å². The molecule has 0 spiro atoms. The van der Waals surface area contributed by atoms with Crippen LogP contribution in [0.1, 0.15) is 33.1 Å². The SMILES string of the molecule is CC(C)(CC(=O)NC1CCCN(c2ccccc2)C1=O)C(=O)O. The third-order valence-electron chi connectivity index (χ3n) is 4.02. The first kappa shape index (κ1) is 17.0. The molecule has 6 nitrogen and oxygen atoms in total. The minimum Gasteiger partial charge on any atom is -0.481 e. The van der Waals surface area contributed by atoms with Crippen LogP contribution in [0.4, 0.5) is 5.69 Å². The van der Waals surface area contributed by atoms with Gasteiger partial charge in [0.15, 0.2) is 0 Å². The van der Waals surface area contributed by atoms with Gasteiger partial charge in [0.05, 0.1) is 5.41 Å². The Bertz CT molecular complexity index is 598. The fraction of sp³-hybridized carbons (Fsp3) is 0.471. The summed E-state index contributed by atoms with van der Waals surface area (Å²) in [5.74, 6) is -1.59. The molecule has 1 aromatic rings. The van der Waals surface area contributed by atoms with Gasteiger partial charge in [-0.15, -0.1) is 0 Å². The number of carbonyl (C=O) groups excluding carboxylic acids is 2. The lowest BCUT2D eigenvalue weighted by Crippen LogP contribution is -2.53. The molecule has 1 unspecified atom stereocenters. The average molecular weight is 318 g/mol. The van der Waals surface area contributed by atoms with Crippen molar-refractivity contribution in [3.05, 3.63) is 30.3 Å². The van der Waals surface area contributed by atoms with Gasteiger partial charge in [0, 0.05) is 18.7 Å². The highest BCUT2D eigenvalue weighted by molar-refractivity contribution is 6.00. The average Bonchev–Trinajstić information content (AvgIpc) is 2.49. The van der Waals surface area contributed by atoms with E-state index in [1.807, 2.05) is 30.3 Å². The van der Waals surface area contributed by atoms with Crippen LogP contribution in [0.3, 0.4) is 0 Å². The van der Waals surface area contributed by atoms with E-state index in [0.29, 0.717) is 13.0 Å². The van der Waals surface area contributed by atoms with Crippen LogP contribution in [0.15, 0.2) is 30.3 Å². The molecule has 1 fully saturated rings. The van der Waals surface area contributed by atoms with Crippen molar-refractivity contribution in [2.24, 2.45) is 5.41 Å². The number of rotatable bonds is 5. The number of nitrogens with one attached hydrogen (secondary N) is 1. The lowest BCUT2D eigenvalue weighted by Gasteiger charge is -2.33. The Labute approximate surface area is 135 Å². The van der Waals surface area contributed by atoms with Crippen LogP contribution in [-0.2, 0) is 14.4 Å². The number of hydrogen-bond acceptors (Lipinski definition) is 3. The van der Waals surface area contributed by atoms with E-state index in [0.717, 1.165) is 12.1 Å². The Morgan fingerprint density at radius 1 is 1.30 bits per heavy atom. The Balaban J connectivity index is 2.02. The summed E-state index contributed by atoms with van der Waals surface area (Å²) in [4.78, 5) is 37.4. The van der Waals surface area contributed by atoms with E-state index < -0.39 is 23.3 Å². The van der Waals surface area contributed by atoms with E-state index in [9.17, 15) is 14.4 Å². The van der Waals surface area contributed by atoms with Gasteiger partial charge in [-0.05, 0) is 38.8 Å². The third kappa shape index (κ3) is 4.09. The Kier molecular flexibility index (Phi) is 5.03. The number of carbonyl (C=O) groups is 3. The molecular formula is C17H22N2O4. The van der Waals surface area contributed by atoms with Gasteiger partial charge in [-0.3, -0.25) is 14.4 Å². The summed E-state index contributed by atoms with van der Waals surface area (Å²) in [5.41, 5.74) is -0.344. The molecule has 0 aliphatic carbocycles. The second-order valence-electron chi connectivity index (χ2n) is 6.45. The normalized spacial score (nSPS) is 18.6. The molecule has 2 N–H and O–H groups in total. The molecule has 0 aromatic heterocycles. The molecule has 0 radical (unpaired) electrons. The molecule has 6 heteroatoms. The predicted octanol–water partition coefficient (Wildman–Crippen LogP) is 1.80. The first-order valence-electron chi connectivity index (χ1n) is 7.70. The van der Waals surface area contributed by atoms with E-state index in [-0.39, 0.29) is 12.3 Å². The lowest BCUT2D eigenvalue weighted by atomic mass is 9.89. The van der Waals surface area contributed by atoms with Crippen LogP contribution in [0.2, 0.25) is 0 Å². The minimum atomic E-state index is -1.15. The highest BCUT2D eigenvalue weighted by Crippen LogP contribution is 2.23. The fourth-order valence-corrected chi connectivity index (χ4v) is 2.60. The molecule has 124 valence electrons. The highest BCUT2D eigenvalue weighted by atomic mass is 16.4. The van der Waals surface area contributed by atoms with Crippen LogP contribution >= 0.6 is 0 Å². The van der Waals surface area contributed by atoms with Gasteiger partial charge in [0.1, 0.15) is 6.04 Å². The Morgan fingerprint density at radius 2 is 1.96 bits per heavy atom. The van der Waals surface area contributed by atoms with Crippen molar-refractivity contribution in [3.63, 3.8) is 0 Å². The van der Waals surface area contributed by atoms with Crippen LogP contribution in [0.5, 0.6) is 0 Å². The van der Waals surface area contributed by atoms with E-state index >= 15 is 0 Å². The topological polar surface area (TPSA) is 86.7 Å². The van der Waals surface area contributed by atoms with Gasteiger partial charge in [-0.25, -0.2) is 0 Å². The number of benzene rings is 1. The summed E-state index contributed by atoms with van der Waals surface area (Å²) in [7, 11) is 0. The molecule has 0 bridgehead atoms. The quantitative estimate of drug-likeness (QED) is 0.866. The van der Waals surface area contributed by atoms with E-state index in [1.165, 1.54) is 13.8 Å². The van der Waals surface area contributed by atoms with Crippen LogP contribution in [0.25, 0.3) is 0 Å². The van der Waals surface area contributed by atoms with Gasteiger partial charge < -0.3 is 15.3 Å². The van der Waals surface area contributed by atoms with Crippen molar-refractivity contribution in [2.45, 2.75) is 39.2 Å². The maximum Gasteiger partial charge on any atom is 0.309 e. The molecule has 23 heavy (non-hydrogen) atoms. The lowest BCUT2D eigenvalue weighted by molar-refractivity contribution is -0.149. The number of hydrogen-bond donors (Lipinski definition) is 2. The highest BCUT2D eigenvalue weighted by Gasteiger charge is 2.34. The fourth-order valence-electron chi connectivity index (χ4n) is 2.60. The van der Waals surface area contributed by atoms with Crippen LogP contribution in [0, 0.1) is 5.41 Å². The second kappa shape index (κ2) is 6.81. The number of nitrogens with zero attached hydrogens (tertiary/aromatic N) is 1. The van der Waals surface area contributed by atoms with Crippen molar-refractivity contribution in [3.8, 4) is 0 Å². The number of carboxylic acid groups (broad SMARTS) is 1. The zero-order valence-corrected chi connectivity index (χ0v) is 13.4. The summed E-state index contributed by atoms with van der Waals surface area (Å²) < 4.78 is 0. The van der Waals surface area contributed by atoms with Crippen LogP contribution < -0.4 is 10.2 Å². The largest absolute Gasteiger partial charge is 0.481 e. The number of aliphatic carboxylic acids is 1. The second-order valence-corrected chi connectivity index (χ2v) is 6.45. The smallest absolute Gasteiger partial charge is 0.309 e. The summed E-state index contributed by atoms with van der Waals surface area (Å²) in [6.07, 6.45) is 1.20. The maximum atomic E-state index is 12.6. The standard InChI is InChI=1S/C17H22N2O4/c1-17(2,16(22)23)11-14(20)18-13-9-6-10-19(15(13)21)12-7-4-3-5-8-12/h3-5,7-8,13H,6,9-11H2,1-2H3,(H,18,20)(H,22,23). The molecular weight excluding hydrogens is 296 g/mol.